The molecule has 0 bridgehead atoms. The van der Waals surface area contributed by atoms with Crippen LogP contribution in [0.15, 0.2) is 17.1 Å². The van der Waals surface area contributed by atoms with Crippen LogP contribution in [-0.2, 0) is 0 Å². The smallest absolute Gasteiger partial charge is 0.259 e. The van der Waals surface area contributed by atoms with Crippen molar-refractivity contribution in [2.75, 3.05) is 0 Å². The summed E-state index contributed by atoms with van der Waals surface area (Å²) in [6.45, 7) is 1.34. The highest BCUT2D eigenvalue weighted by atomic mass is 32.1. The van der Waals surface area contributed by atoms with Crippen LogP contribution in [0.4, 0.5) is 5.00 Å². The van der Waals surface area contributed by atoms with Gasteiger partial charge in [-0.05, 0) is 5.56 Å². The number of hydrogen-bond acceptors (Lipinski definition) is 5. The minimum absolute atomic E-state index is 0.0209. The average Bonchev–Trinajstić information content (AvgIpc) is 2.52. The number of thiophene rings is 1. The summed E-state index contributed by atoms with van der Waals surface area (Å²) in [5.74, 6) is 0. The molecule has 0 N–H and O–H groups in total. The molecule has 1 aromatic heterocycles. The van der Waals surface area contributed by atoms with Gasteiger partial charge in [-0.3, -0.25) is 20.2 Å². The van der Waals surface area contributed by atoms with E-state index in [1.807, 2.05) is 0 Å². The molecule has 0 spiro atoms. The predicted octanol–water partition coefficient (Wildman–Crippen LogP) is 2.29. The van der Waals surface area contributed by atoms with E-state index in [-0.39, 0.29) is 10.7 Å². The Morgan fingerprint density at radius 1 is 1.50 bits per heavy atom. The van der Waals surface area contributed by atoms with E-state index in [2.05, 4.69) is 0 Å². The SMILES string of the molecule is CC(=Cc1csc([N+](=O)[O-])c1)[N+](=O)[O-]. The van der Waals surface area contributed by atoms with Gasteiger partial charge in [0.15, 0.2) is 0 Å². The highest BCUT2D eigenvalue weighted by Crippen LogP contribution is 2.24. The van der Waals surface area contributed by atoms with Gasteiger partial charge < -0.3 is 0 Å². The number of allylic oxidation sites excluding steroid dienone is 1. The lowest BCUT2D eigenvalue weighted by Gasteiger charge is -1.86. The van der Waals surface area contributed by atoms with Crippen LogP contribution < -0.4 is 0 Å². The van der Waals surface area contributed by atoms with Crippen LogP contribution in [0.25, 0.3) is 6.08 Å². The maximum atomic E-state index is 10.3. The van der Waals surface area contributed by atoms with E-state index >= 15 is 0 Å². The van der Waals surface area contributed by atoms with Crippen molar-refractivity contribution < 1.29 is 9.85 Å². The van der Waals surface area contributed by atoms with E-state index in [0.717, 1.165) is 11.3 Å². The van der Waals surface area contributed by atoms with Gasteiger partial charge in [0, 0.05) is 24.4 Å². The molecular formula is C7H6N2O4S. The molecule has 0 aliphatic heterocycles. The zero-order chi connectivity index (χ0) is 10.7. The third-order valence-corrected chi connectivity index (χ3v) is 2.35. The van der Waals surface area contributed by atoms with Crippen LogP contribution in [0.1, 0.15) is 12.5 Å². The summed E-state index contributed by atoms with van der Waals surface area (Å²) in [5.41, 5.74) is 0.439. The predicted molar refractivity (Wildman–Crippen MR) is 51.6 cm³/mol. The minimum atomic E-state index is -0.538. The van der Waals surface area contributed by atoms with Gasteiger partial charge in [0.05, 0.1) is 9.85 Å². The monoisotopic (exact) mass is 214 g/mol. The maximum absolute atomic E-state index is 10.3. The van der Waals surface area contributed by atoms with Gasteiger partial charge in [0.2, 0.25) is 5.70 Å². The largest absolute Gasteiger partial charge is 0.324 e. The molecule has 0 saturated carbocycles. The molecule has 0 radical (unpaired) electrons. The fourth-order valence-electron chi connectivity index (χ4n) is 0.804. The molecule has 0 unspecified atom stereocenters. The summed E-state index contributed by atoms with van der Waals surface area (Å²) in [6, 6.07) is 1.30. The summed E-state index contributed by atoms with van der Waals surface area (Å²) in [6.07, 6.45) is 1.30. The first-order valence-corrected chi connectivity index (χ1v) is 4.44. The normalized spacial score (nSPS) is 11.4. The van der Waals surface area contributed by atoms with Gasteiger partial charge in [-0.2, -0.15) is 0 Å². The molecular weight excluding hydrogens is 208 g/mol. The molecule has 0 aliphatic rings. The zero-order valence-electron chi connectivity index (χ0n) is 7.17. The van der Waals surface area contributed by atoms with Gasteiger partial charge in [0.1, 0.15) is 0 Å². The van der Waals surface area contributed by atoms with Crippen molar-refractivity contribution in [1.29, 1.82) is 0 Å². The molecule has 0 fully saturated rings. The van der Waals surface area contributed by atoms with Crippen LogP contribution in [-0.4, -0.2) is 9.85 Å². The second-order valence-corrected chi connectivity index (χ2v) is 3.41. The van der Waals surface area contributed by atoms with Gasteiger partial charge in [-0.1, -0.05) is 11.3 Å². The lowest BCUT2D eigenvalue weighted by Crippen LogP contribution is -1.92. The third kappa shape index (κ3) is 2.36. The van der Waals surface area contributed by atoms with E-state index in [1.165, 1.54) is 24.4 Å². The average molecular weight is 214 g/mol. The van der Waals surface area contributed by atoms with Gasteiger partial charge in [0.25, 0.3) is 0 Å². The Bertz CT molecular complexity index is 410. The molecule has 0 amide bonds. The minimum Gasteiger partial charge on any atom is -0.259 e. The van der Waals surface area contributed by atoms with Crippen LogP contribution in [0, 0.1) is 20.2 Å². The Kier molecular flexibility index (Phi) is 2.92. The standard InChI is InChI=1S/C7H6N2O4S/c1-5(8(10)11)2-6-3-7(9(12)13)14-4-6/h2-4H,1H3. The highest BCUT2D eigenvalue weighted by Gasteiger charge is 2.10. The van der Waals surface area contributed by atoms with Crippen molar-refractivity contribution in [3.05, 3.63) is 42.9 Å². The van der Waals surface area contributed by atoms with Gasteiger partial charge in [-0.15, -0.1) is 0 Å². The van der Waals surface area contributed by atoms with E-state index in [4.69, 9.17) is 0 Å². The molecule has 0 atom stereocenters. The molecule has 0 saturated heterocycles. The molecule has 1 heterocycles. The van der Waals surface area contributed by atoms with E-state index in [1.54, 1.807) is 0 Å². The maximum Gasteiger partial charge on any atom is 0.324 e. The third-order valence-electron chi connectivity index (χ3n) is 1.45. The Morgan fingerprint density at radius 3 is 2.57 bits per heavy atom. The summed E-state index contributed by atoms with van der Waals surface area (Å²) in [4.78, 5) is 19.5. The van der Waals surface area contributed by atoms with Crippen LogP contribution >= 0.6 is 11.3 Å². The quantitative estimate of drug-likeness (QED) is 0.570. The first-order valence-electron chi connectivity index (χ1n) is 3.56. The Labute approximate surface area is 82.8 Å². The summed E-state index contributed by atoms with van der Waals surface area (Å²) in [5, 5.41) is 22.0. The van der Waals surface area contributed by atoms with Gasteiger partial charge >= 0.3 is 5.00 Å². The van der Waals surface area contributed by atoms with Crippen LogP contribution in [0.5, 0.6) is 0 Å². The number of nitrogens with zero attached hydrogens (tertiary/aromatic N) is 2. The van der Waals surface area contributed by atoms with Crippen molar-refractivity contribution in [1.82, 2.24) is 0 Å². The molecule has 0 aliphatic carbocycles. The lowest BCUT2D eigenvalue weighted by atomic mass is 10.3. The summed E-state index contributed by atoms with van der Waals surface area (Å²) >= 11 is 0.945. The molecule has 74 valence electrons. The van der Waals surface area contributed by atoms with Crippen LogP contribution in [0.3, 0.4) is 0 Å². The van der Waals surface area contributed by atoms with Crippen molar-refractivity contribution in [2.24, 2.45) is 0 Å². The van der Waals surface area contributed by atoms with Crippen molar-refractivity contribution in [3.63, 3.8) is 0 Å². The molecule has 6 nitrogen and oxygen atoms in total. The fourth-order valence-corrected chi connectivity index (χ4v) is 1.49. The topological polar surface area (TPSA) is 86.3 Å². The van der Waals surface area contributed by atoms with Crippen molar-refractivity contribution >= 4 is 22.4 Å². The first-order chi connectivity index (χ1) is 6.50. The summed E-state index contributed by atoms with van der Waals surface area (Å²) < 4.78 is 0. The Hall–Kier alpha value is -1.76. The molecule has 1 rings (SSSR count). The van der Waals surface area contributed by atoms with Crippen molar-refractivity contribution in [3.8, 4) is 0 Å². The zero-order valence-corrected chi connectivity index (χ0v) is 7.98. The van der Waals surface area contributed by atoms with Crippen molar-refractivity contribution in [2.45, 2.75) is 6.92 Å². The van der Waals surface area contributed by atoms with E-state index < -0.39 is 9.85 Å². The number of hydrogen-bond donors (Lipinski definition) is 0. The molecule has 14 heavy (non-hydrogen) atoms. The second kappa shape index (κ2) is 3.97. The van der Waals surface area contributed by atoms with E-state index in [9.17, 15) is 20.2 Å². The number of rotatable bonds is 3. The first kappa shape index (κ1) is 10.3. The Morgan fingerprint density at radius 2 is 2.14 bits per heavy atom. The Balaban J connectivity index is 2.93. The van der Waals surface area contributed by atoms with Gasteiger partial charge in [-0.25, -0.2) is 0 Å². The molecule has 7 heteroatoms. The number of nitro groups is 2. The molecule has 0 aromatic carbocycles. The van der Waals surface area contributed by atoms with Crippen LogP contribution in [0.2, 0.25) is 0 Å². The lowest BCUT2D eigenvalue weighted by molar-refractivity contribution is -0.422. The fraction of sp³-hybridized carbons (Fsp3) is 0.143. The second-order valence-electron chi connectivity index (χ2n) is 2.52. The molecule has 1 aromatic rings. The summed E-state index contributed by atoms with van der Waals surface area (Å²) in [7, 11) is 0. The van der Waals surface area contributed by atoms with E-state index in [0.29, 0.717) is 5.56 Å². The highest BCUT2D eigenvalue weighted by molar-refractivity contribution is 7.13.